The fourth-order valence-electron chi connectivity index (χ4n) is 5.78. The molecule has 0 saturated carbocycles. The van der Waals surface area contributed by atoms with Crippen LogP contribution in [0.4, 0.5) is 5.69 Å². The molecule has 4 heteroatoms. The number of piperidine rings is 1. The number of ether oxygens (including phenoxy) is 2. The number of phenols is 1. The van der Waals surface area contributed by atoms with Crippen molar-refractivity contribution in [1.82, 2.24) is 0 Å². The van der Waals surface area contributed by atoms with E-state index in [1.807, 2.05) is 12.1 Å². The third-order valence-corrected chi connectivity index (χ3v) is 7.50. The molecular weight excluding hydrogens is 386 g/mol. The lowest BCUT2D eigenvalue weighted by molar-refractivity contribution is -0.141. The van der Waals surface area contributed by atoms with Gasteiger partial charge in [0.1, 0.15) is 5.75 Å². The van der Waals surface area contributed by atoms with Crippen molar-refractivity contribution in [3.05, 3.63) is 59.2 Å². The summed E-state index contributed by atoms with van der Waals surface area (Å²) >= 11 is 0. The highest BCUT2D eigenvalue weighted by Gasteiger charge is 2.33. The predicted octanol–water partition coefficient (Wildman–Crippen LogP) is 5.58. The molecule has 0 radical (unpaired) electrons. The van der Waals surface area contributed by atoms with Gasteiger partial charge < -0.3 is 19.5 Å². The van der Waals surface area contributed by atoms with E-state index >= 15 is 0 Å². The number of benzene rings is 2. The number of fused-ring (bicyclic) bond motifs is 1. The number of aryl methyl sites for hydroxylation is 1. The van der Waals surface area contributed by atoms with Crippen LogP contribution in [0.5, 0.6) is 5.75 Å². The molecule has 1 saturated heterocycles. The van der Waals surface area contributed by atoms with Crippen LogP contribution in [0.2, 0.25) is 0 Å². The summed E-state index contributed by atoms with van der Waals surface area (Å²) in [6, 6.07) is 15.2. The Hall–Kier alpha value is -2.04. The van der Waals surface area contributed by atoms with Crippen LogP contribution in [0.3, 0.4) is 0 Å². The van der Waals surface area contributed by atoms with Crippen molar-refractivity contribution in [2.75, 3.05) is 32.2 Å². The molecule has 2 atom stereocenters. The predicted molar refractivity (Wildman–Crippen MR) is 126 cm³/mol. The monoisotopic (exact) mass is 423 g/mol. The van der Waals surface area contributed by atoms with Crippen molar-refractivity contribution in [2.24, 2.45) is 17.8 Å². The fourth-order valence-corrected chi connectivity index (χ4v) is 5.78. The molecule has 4 rings (SSSR count). The first kappa shape index (κ1) is 22.2. The largest absolute Gasteiger partial charge is 0.508 e. The zero-order chi connectivity index (χ0) is 22.0. The topological polar surface area (TPSA) is 41.9 Å². The van der Waals surface area contributed by atoms with Crippen molar-refractivity contribution in [2.45, 2.75) is 51.7 Å². The van der Waals surface area contributed by atoms with E-state index in [9.17, 15) is 5.11 Å². The summed E-state index contributed by atoms with van der Waals surface area (Å²) in [6.07, 6.45) is 4.31. The van der Waals surface area contributed by atoms with E-state index in [1.165, 1.54) is 28.8 Å². The fraction of sp³-hybridized carbons (Fsp3) is 0.556. The van der Waals surface area contributed by atoms with E-state index in [-0.39, 0.29) is 6.29 Å². The zero-order valence-electron chi connectivity index (χ0n) is 19.4. The quantitative estimate of drug-likeness (QED) is 0.616. The van der Waals surface area contributed by atoms with Gasteiger partial charge in [0.05, 0.1) is 0 Å². The van der Waals surface area contributed by atoms with Crippen molar-refractivity contribution < 1.29 is 14.6 Å². The molecule has 2 unspecified atom stereocenters. The van der Waals surface area contributed by atoms with Crippen LogP contribution in [0.25, 0.3) is 0 Å². The van der Waals surface area contributed by atoms with Gasteiger partial charge in [-0.1, -0.05) is 32.0 Å². The molecule has 0 aromatic heterocycles. The molecule has 1 aliphatic heterocycles. The molecule has 1 N–H and O–H groups in total. The van der Waals surface area contributed by atoms with E-state index in [4.69, 9.17) is 9.47 Å². The summed E-state index contributed by atoms with van der Waals surface area (Å²) in [5.74, 6) is 2.49. The molecule has 1 aliphatic carbocycles. The van der Waals surface area contributed by atoms with Crippen LogP contribution in [0, 0.1) is 17.8 Å². The molecule has 1 fully saturated rings. The van der Waals surface area contributed by atoms with E-state index in [1.54, 1.807) is 14.2 Å². The lowest BCUT2D eigenvalue weighted by Gasteiger charge is -2.38. The maximum absolute atomic E-state index is 9.96. The Morgan fingerprint density at radius 2 is 1.61 bits per heavy atom. The average molecular weight is 424 g/mol. The van der Waals surface area contributed by atoms with Gasteiger partial charge in [-0.15, -0.1) is 0 Å². The second-order valence-electron chi connectivity index (χ2n) is 9.56. The molecule has 2 aliphatic rings. The Labute approximate surface area is 187 Å². The summed E-state index contributed by atoms with van der Waals surface area (Å²) in [4.78, 5) is 2.48. The minimum absolute atomic E-state index is 0.0942. The smallest absolute Gasteiger partial charge is 0.159 e. The van der Waals surface area contributed by atoms with Crippen LogP contribution in [0.1, 0.15) is 55.7 Å². The number of rotatable bonds is 6. The normalized spacial score (nSPS) is 22.2. The highest BCUT2D eigenvalue weighted by atomic mass is 16.7. The van der Waals surface area contributed by atoms with Gasteiger partial charge in [0.2, 0.25) is 0 Å². The maximum atomic E-state index is 9.96. The zero-order valence-corrected chi connectivity index (χ0v) is 19.4. The average Bonchev–Trinajstić information content (AvgIpc) is 2.79. The standard InChI is InChI=1S/C27H37NO3/c1-18(2)24-11-7-21-17-23(29)10-12-25(21)26(24)19-5-8-22(9-6-19)28-15-13-20(14-16-28)27(30-3)31-4/h5-6,8-10,12,17-18,20,24,26-27,29H,7,11,13-16H2,1-4H3. The van der Waals surface area contributed by atoms with Crippen LogP contribution < -0.4 is 4.90 Å². The Morgan fingerprint density at radius 3 is 2.23 bits per heavy atom. The Morgan fingerprint density at radius 1 is 0.935 bits per heavy atom. The van der Waals surface area contributed by atoms with Crippen molar-refractivity contribution >= 4 is 5.69 Å². The maximum Gasteiger partial charge on any atom is 0.159 e. The van der Waals surface area contributed by atoms with Gasteiger partial charge in [-0.05, 0) is 78.5 Å². The third kappa shape index (κ3) is 4.61. The van der Waals surface area contributed by atoms with Crippen LogP contribution in [0.15, 0.2) is 42.5 Å². The molecule has 0 spiro atoms. The first-order valence-corrected chi connectivity index (χ1v) is 11.7. The second-order valence-corrected chi connectivity index (χ2v) is 9.56. The molecule has 2 aromatic carbocycles. The Kier molecular flexibility index (Phi) is 6.88. The van der Waals surface area contributed by atoms with Crippen LogP contribution in [-0.4, -0.2) is 38.7 Å². The number of hydrogen-bond acceptors (Lipinski definition) is 4. The summed E-state index contributed by atoms with van der Waals surface area (Å²) in [7, 11) is 3.46. The van der Waals surface area contributed by atoms with Crippen molar-refractivity contribution in [1.29, 1.82) is 0 Å². The summed E-state index contributed by atoms with van der Waals surface area (Å²) < 4.78 is 10.9. The molecule has 2 aromatic rings. The number of aromatic hydroxyl groups is 1. The van der Waals surface area contributed by atoms with Crippen molar-refractivity contribution in [3.8, 4) is 5.75 Å². The number of anilines is 1. The highest BCUT2D eigenvalue weighted by molar-refractivity contribution is 5.51. The number of hydrogen-bond donors (Lipinski definition) is 1. The summed E-state index contributed by atoms with van der Waals surface area (Å²) in [5.41, 5.74) is 5.39. The molecule has 0 bridgehead atoms. The molecule has 4 nitrogen and oxygen atoms in total. The van der Waals surface area contributed by atoms with Gasteiger partial charge >= 0.3 is 0 Å². The first-order chi connectivity index (χ1) is 15.0. The highest BCUT2D eigenvalue weighted by Crippen LogP contribution is 2.45. The van der Waals surface area contributed by atoms with E-state index in [0.717, 1.165) is 32.4 Å². The summed E-state index contributed by atoms with van der Waals surface area (Å²) in [6.45, 7) is 6.75. The van der Waals surface area contributed by atoms with Gasteiger partial charge in [0.15, 0.2) is 6.29 Å². The molecule has 1 heterocycles. The molecular formula is C27H37NO3. The lowest BCUT2D eigenvalue weighted by atomic mass is 9.68. The molecule has 168 valence electrons. The van der Waals surface area contributed by atoms with Gasteiger partial charge in [-0.25, -0.2) is 0 Å². The minimum atomic E-state index is -0.0942. The van der Waals surface area contributed by atoms with Crippen molar-refractivity contribution in [3.63, 3.8) is 0 Å². The number of methoxy groups -OCH3 is 2. The van der Waals surface area contributed by atoms with Crippen LogP contribution in [-0.2, 0) is 15.9 Å². The first-order valence-electron chi connectivity index (χ1n) is 11.7. The van der Waals surface area contributed by atoms with Crippen LogP contribution >= 0.6 is 0 Å². The minimum Gasteiger partial charge on any atom is -0.508 e. The lowest BCUT2D eigenvalue weighted by Crippen LogP contribution is -2.39. The number of nitrogens with zero attached hydrogens (tertiary/aromatic N) is 1. The van der Waals surface area contributed by atoms with Gasteiger partial charge in [0, 0.05) is 44.8 Å². The molecule has 0 amide bonds. The van der Waals surface area contributed by atoms with E-state index in [2.05, 4.69) is 49.1 Å². The Balaban J connectivity index is 1.52. The van der Waals surface area contributed by atoms with Gasteiger partial charge in [-0.2, -0.15) is 0 Å². The third-order valence-electron chi connectivity index (χ3n) is 7.50. The Bertz CT molecular complexity index is 851. The number of phenolic OH excluding ortho intramolecular Hbond substituents is 1. The van der Waals surface area contributed by atoms with Gasteiger partial charge in [0.25, 0.3) is 0 Å². The van der Waals surface area contributed by atoms with E-state index in [0.29, 0.717) is 29.4 Å². The SMILES string of the molecule is COC(OC)C1CCN(c2ccc(C3c4ccc(O)cc4CCC3C(C)C)cc2)CC1. The second kappa shape index (κ2) is 9.62. The van der Waals surface area contributed by atoms with Gasteiger partial charge in [-0.3, -0.25) is 0 Å². The van der Waals surface area contributed by atoms with E-state index < -0.39 is 0 Å². The summed E-state index contributed by atoms with van der Waals surface area (Å²) in [5, 5.41) is 9.96. The molecule has 31 heavy (non-hydrogen) atoms.